The predicted octanol–water partition coefficient (Wildman–Crippen LogP) is 3.78. The first-order chi connectivity index (χ1) is 16.3. The van der Waals surface area contributed by atoms with Gasteiger partial charge in [0.2, 0.25) is 0 Å². The van der Waals surface area contributed by atoms with Gasteiger partial charge in [-0.3, -0.25) is 9.80 Å². The van der Waals surface area contributed by atoms with Crippen molar-refractivity contribution in [1.29, 1.82) is 0 Å². The van der Waals surface area contributed by atoms with Gasteiger partial charge >= 0.3 is 6.03 Å². The zero-order valence-corrected chi connectivity index (χ0v) is 21.8. The second-order valence-electron chi connectivity index (χ2n) is 7.71. The number of ether oxygens (including phenoxy) is 2. The summed E-state index contributed by atoms with van der Waals surface area (Å²) in [5.41, 5.74) is 0.109. The number of aromatic nitrogens is 2. The number of piperazine rings is 1. The van der Waals surface area contributed by atoms with Gasteiger partial charge in [0.05, 0.1) is 19.9 Å². The van der Waals surface area contributed by atoms with Crippen LogP contribution in [0.4, 0.5) is 22.1 Å². The van der Waals surface area contributed by atoms with Crippen LogP contribution in [0.1, 0.15) is 0 Å². The molecule has 0 unspecified atom stereocenters. The fourth-order valence-corrected chi connectivity index (χ4v) is 4.54. The summed E-state index contributed by atoms with van der Waals surface area (Å²) in [5, 5.41) is 6.17. The Balaban J connectivity index is 1.67. The van der Waals surface area contributed by atoms with Crippen LogP contribution in [0.15, 0.2) is 12.4 Å². The minimum Gasteiger partial charge on any atom is -0.493 e. The van der Waals surface area contributed by atoms with Crippen LogP contribution in [-0.4, -0.2) is 93.4 Å². The third-order valence-electron chi connectivity index (χ3n) is 5.51. The number of anilines is 3. The van der Waals surface area contributed by atoms with Crippen molar-refractivity contribution in [2.24, 2.45) is 0 Å². The maximum absolute atomic E-state index is 13.0. The van der Waals surface area contributed by atoms with Gasteiger partial charge in [0, 0.05) is 52.4 Å². The van der Waals surface area contributed by atoms with E-state index in [1.54, 1.807) is 13.1 Å². The van der Waals surface area contributed by atoms with E-state index in [-0.39, 0.29) is 32.3 Å². The Hall–Kier alpha value is -2.24. The molecule has 1 saturated heterocycles. The second kappa shape index (κ2) is 11.9. The predicted molar refractivity (Wildman–Crippen MR) is 136 cm³/mol. The Labute approximate surface area is 214 Å². The van der Waals surface area contributed by atoms with Crippen LogP contribution in [0.25, 0.3) is 0 Å². The highest BCUT2D eigenvalue weighted by atomic mass is 35.5. The lowest BCUT2D eigenvalue weighted by atomic mass is 10.2. The van der Waals surface area contributed by atoms with Crippen molar-refractivity contribution in [1.82, 2.24) is 19.8 Å². The maximum atomic E-state index is 13.0. The van der Waals surface area contributed by atoms with Crippen molar-refractivity contribution < 1.29 is 14.3 Å². The smallest absolute Gasteiger partial charge is 0.327 e. The molecule has 1 fully saturated rings. The van der Waals surface area contributed by atoms with Gasteiger partial charge in [0.25, 0.3) is 0 Å². The van der Waals surface area contributed by atoms with E-state index in [1.165, 1.54) is 25.4 Å². The lowest BCUT2D eigenvalue weighted by Gasteiger charge is -2.32. The van der Waals surface area contributed by atoms with Crippen molar-refractivity contribution in [3.05, 3.63) is 27.5 Å². The van der Waals surface area contributed by atoms with E-state index in [0.717, 1.165) is 39.3 Å². The average Bonchev–Trinajstić information content (AvgIpc) is 2.83. The zero-order chi connectivity index (χ0) is 24.8. The van der Waals surface area contributed by atoms with Gasteiger partial charge in [-0.15, -0.1) is 0 Å². The zero-order valence-electron chi connectivity index (χ0n) is 19.5. The topological polar surface area (TPSA) is 95.1 Å². The molecule has 1 aliphatic heterocycles. The average molecular weight is 533 g/mol. The number of rotatable bonds is 8. The number of carbonyl (C=O) groups is 1. The molecule has 10 nitrogen and oxygen atoms in total. The summed E-state index contributed by atoms with van der Waals surface area (Å²) in [4.78, 5) is 27.4. The Kier molecular flexibility index (Phi) is 9.26. The number of carbonyl (C=O) groups excluding carboxylic acids is 1. The number of hydrogen-bond acceptors (Lipinski definition) is 8. The third-order valence-corrected chi connectivity index (χ3v) is 6.57. The monoisotopic (exact) mass is 531 g/mol. The summed E-state index contributed by atoms with van der Waals surface area (Å²) in [6.45, 7) is 5.85. The molecule has 13 heteroatoms. The molecular weight excluding hydrogens is 505 g/mol. The number of methoxy groups -OCH3 is 2. The fourth-order valence-electron chi connectivity index (χ4n) is 3.42. The standard InChI is InChI=1S/C21H28Cl3N7O3/c1-29-7-9-31(10-8-29)6-5-25-13-11-14(27-12-26-13)30(2)21(32)28-18-15(22)19(33-3)17(24)20(34-4)16(18)23/h11-12H,5-10H2,1-4H3,(H,28,32)(H,25,26,27). The highest BCUT2D eigenvalue weighted by Crippen LogP contribution is 2.50. The molecule has 2 N–H and O–H groups in total. The third kappa shape index (κ3) is 6.05. The number of nitrogens with zero attached hydrogens (tertiary/aromatic N) is 5. The lowest BCUT2D eigenvalue weighted by Crippen LogP contribution is -2.45. The summed E-state index contributed by atoms with van der Waals surface area (Å²) in [5.74, 6) is 1.27. The quantitative estimate of drug-likeness (QED) is 0.530. The van der Waals surface area contributed by atoms with E-state index in [0.29, 0.717) is 11.6 Å². The van der Waals surface area contributed by atoms with Crippen LogP contribution in [0, 0.1) is 0 Å². The van der Waals surface area contributed by atoms with Crippen LogP contribution < -0.4 is 25.0 Å². The van der Waals surface area contributed by atoms with E-state index in [2.05, 4.69) is 37.4 Å². The SMILES string of the molecule is COc1c(Cl)c(NC(=O)N(C)c2cc(NCCN3CCN(C)CC3)ncn2)c(Cl)c(OC)c1Cl. The van der Waals surface area contributed by atoms with Gasteiger partial charge in [-0.2, -0.15) is 0 Å². The minimum absolute atomic E-state index is 0.0500. The van der Waals surface area contributed by atoms with E-state index >= 15 is 0 Å². The van der Waals surface area contributed by atoms with E-state index in [9.17, 15) is 4.79 Å². The molecule has 0 bridgehead atoms. The number of hydrogen-bond donors (Lipinski definition) is 2. The maximum Gasteiger partial charge on any atom is 0.327 e. The molecule has 1 aliphatic rings. The molecule has 2 aromatic rings. The first kappa shape index (κ1) is 26.4. The van der Waals surface area contributed by atoms with Gasteiger partial charge < -0.3 is 25.0 Å². The van der Waals surface area contributed by atoms with Gasteiger partial charge in [-0.1, -0.05) is 34.8 Å². The molecule has 34 heavy (non-hydrogen) atoms. The summed E-state index contributed by atoms with van der Waals surface area (Å²) in [6.07, 6.45) is 1.39. The molecule has 0 aliphatic carbocycles. The van der Waals surface area contributed by atoms with Crippen LogP contribution in [-0.2, 0) is 0 Å². The minimum atomic E-state index is -0.530. The largest absolute Gasteiger partial charge is 0.493 e. The van der Waals surface area contributed by atoms with Crippen LogP contribution in [0.5, 0.6) is 11.5 Å². The number of nitrogens with one attached hydrogen (secondary N) is 2. The first-order valence-corrected chi connectivity index (χ1v) is 11.7. The Morgan fingerprint density at radius 1 is 1.06 bits per heavy atom. The molecule has 1 aromatic heterocycles. The summed E-state index contributed by atoms with van der Waals surface area (Å²) in [6, 6.07) is 1.16. The van der Waals surface area contributed by atoms with Gasteiger partial charge in [0.1, 0.15) is 33.0 Å². The summed E-state index contributed by atoms with van der Waals surface area (Å²) >= 11 is 19.0. The Morgan fingerprint density at radius 2 is 1.68 bits per heavy atom. The first-order valence-electron chi connectivity index (χ1n) is 10.6. The van der Waals surface area contributed by atoms with Gasteiger partial charge in [-0.25, -0.2) is 14.8 Å². The number of likely N-dealkylation sites (N-methyl/N-ethyl adjacent to an activating group) is 1. The van der Waals surface area contributed by atoms with Crippen molar-refractivity contribution in [2.75, 3.05) is 83.1 Å². The Bertz CT molecular complexity index is 988. The molecule has 186 valence electrons. The molecule has 3 rings (SSSR count). The van der Waals surface area contributed by atoms with Crippen molar-refractivity contribution in [2.45, 2.75) is 0 Å². The molecule has 1 aromatic carbocycles. The number of benzene rings is 1. The summed E-state index contributed by atoms with van der Waals surface area (Å²) in [7, 11) is 6.50. The van der Waals surface area contributed by atoms with Crippen molar-refractivity contribution in [3.63, 3.8) is 0 Å². The van der Waals surface area contributed by atoms with E-state index in [1.807, 2.05) is 0 Å². The molecule has 0 atom stereocenters. The van der Waals surface area contributed by atoms with Crippen LogP contribution in [0.2, 0.25) is 15.1 Å². The van der Waals surface area contributed by atoms with Gasteiger partial charge in [-0.05, 0) is 7.05 Å². The number of halogens is 3. The second-order valence-corrected chi connectivity index (χ2v) is 8.84. The normalized spacial score (nSPS) is 14.6. The molecule has 0 spiro atoms. The number of urea groups is 1. The molecule has 2 heterocycles. The lowest BCUT2D eigenvalue weighted by molar-refractivity contribution is 0.158. The molecule has 0 radical (unpaired) electrons. The van der Waals surface area contributed by atoms with Crippen molar-refractivity contribution >= 4 is 58.2 Å². The molecular formula is C21H28Cl3N7O3. The molecule has 0 saturated carbocycles. The highest BCUT2D eigenvalue weighted by Gasteiger charge is 2.25. The fraction of sp³-hybridized carbons (Fsp3) is 0.476. The van der Waals surface area contributed by atoms with E-state index in [4.69, 9.17) is 44.3 Å². The van der Waals surface area contributed by atoms with Crippen molar-refractivity contribution in [3.8, 4) is 11.5 Å². The van der Waals surface area contributed by atoms with Crippen LogP contribution in [0.3, 0.4) is 0 Å². The van der Waals surface area contributed by atoms with Crippen LogP contribution >= 0.6 is 34.8 Å². The Morgan fingerprint density at radius 3 is 2.26 bits per heavy atom. The highest BCUT2D eigenvalue weighted by molar-refractivity contribution is 6.45. The van der Waals surface area contributed by atoms with E-state index < -0.39 is 6.03 Å². The molecule has 2 amide bonds. The number of amides is 2. The van der Waals surface area contributed by atoms with Gasteiger partial charge in [0.15, 0.2) is 11.5 Å². The summed E-state index contributed by atoms with van der Waals surface area (Å²) < 4.78 is 10.5.